The Morgan fingerprint density at radius 1 is 1.29 bits per heavy atom. The molecule has 1 aromatic rings. The number of rotatable bonds is 6. The summed E-state index contributed by atoms with van der Waals surface area (Å²) in [5.74, 6) is -4.30. The number of hydrogen-bond donors (Lipinski definition) is 1. The van der Waals surface area contributed by atoms with Crippen LogP contribution >= 0.6 is 11.6 Å². The number of aryl methyl sites for hydroxylation is 1. The van der Waals surface area contributed by atoms with Crippen LogP contribution in [0.5, 0.6) is 0 Å². The lowest BCUT2D eigenvalue weighted by Gasteiger charge is -2.39. The third-order valence-corrected chi connectivity index (χ3v) is 9.17. The summed E-state index contributed by atoms with van der Waals surface area (Å²) >= 11 is 5.97. The van der Waals surface area contributed by atoms with E-state index in [2.05, 4.69) is 0 Å². The number of carbonyl (C=O) groups is 3. The normalized spacial score (nSPS) is 28.8. The van der Waals surface area contributed by atoms with Crippen molar-refractivity contribution in [3.8, 4) is 6.07 Å². The standard InChI is InChI=1S/C23H28ClN3O7S/c1-13-8-16(24)4-5-19(13)35(31,32)17-9-18(20(28)27-11-14(2)34-15(3)12-27)23(10-17,21(26)29)22(30)33-7-6-25/h4-5,8,14-15,17-18H,7,9-12H2,1-3H3,(H2,26,29). The van der Waals surface area contributed by atoms with E-state index in [4.69, 9.17) is 32.1 Å². The first-order valence-electron chi connectivity index (χ1n) is 11.1. The molecule has 2 fully saturated rings. The molecule has 1 aliphatic heterocycles. The summed E-state index contributed by atoms with van der Waals surface area (Å²) in [6.07, 6.45) is -1.45. The van der Waals surface area contributed by atoms with E-state index in [1.807, 2.05) is 0 Å². The first-order chi connectivity index (χ1) is 16.3. The largest absolute Gasteiger partial charge is 0.449 e. The molecular weight excluding hydrogens is 498 g/mol. The Kier molecular flexibility index (Phi) is 7.79. The third kappa shape index (κ3) is 5.01. The minimum atomic E-state index is -4.10. The molecule has 0 spiro atoms. The van der Waals surface area contributed by atoms with Crippen LogP contribution in [0.15, 0.2) is 23.1 Å². The Morgan fingerprint density at radius 2 is 1.91 bits per heavy atom. The molecule has 0 aromatic heterocycles. The number of nitrogens with zero attached hydrogens (tertiary/aromatic N) is 2. The zero-order chi connectivity index (χ0) is 26.1. The smallest absolute Gasteiger partial charge is 0.323 e. The van der Waals surface area contributed by atoms with Gasteiger partial charge in [-0.15, -0.1) is 0 Å². The molecule has 1 heterocycles. The number of nitrogens with two attached hydrogens (primary N) is 1. The van der Waals surface area contributed by atoms with Gasteiger partial charge in [0.25, 0.3) is 0 Å². The molecule has 1 aliphatic carbocycles. The maximum absolute atomic E-state index is 13.7. The van der Waals surface area contributed by atoms with Crippen LogP contribution in [0, 0.1) is 29.6 Å². The molecule has 1 aromatic carbocycles. The number of amides is 2. The number of primary amides is 1. The summed E-state index contributed by atoms with van der Waals surface area (Å²) in [5, 5.41) is 7.94. The lowest BCUT2D eigenvalue weighted by Crippen LogP contribution is -2.56. The average Bonchev–Trinajstić information content (AvgIpc) is 3.19. The molecule has 2 N–H and O–H groups in total. The lowest BCUT2D eigenvalue weighted by atomic mass is 9.76. The number of ether oxygens (including phenoxy) is 2. The number of carbonyl (C=O) groups excluding carboxylic acids is 3. The van der Waals surface area contributed by atoms with Gasteiger partial charge in [-0.1, -0.05) is 11.6 Å². The molecule has 0 bridgehead atoms. The number of benzene rings is 1. The summed E-state index contributed by atoms with van der Waals surface area (Å²) in [4.78, 5) is 41.1. The second kappa shape index (κ2) is 10.1. The van der Waals surface area contributed by atoms with Gasteiger partial charge in [-0.05, 0) is 57.4 Å². The number of esters is 1. The van der Waals surface area contributed by atoms with Crippen LogP contribution in [0.4, 0.5) is 0 Å². The molecule has 0 radical (unpaired) electrons. The van der Waals surface area contributed by atoms with Crippen LogP contribution < -0.4 is 5.73 Å². The van der Waals surface area contributed by atoms with Crippen LogP contribution in [-0.4, -0.2) is 68.3 Å². The minimum Gasteiger partial charge on any atom is -0.449 e. The average molecular weight is 526 g/mol. The SMILES string of the molecule is Cc1cc(Cl)ccc1S(=O)(=O)C1CC(C(=O)N2CC(C)OC(C)C2)C(C(N)=O)(C(=O)OCC#N)C1. The molecule has 35 heavy (non-hydrogen) atoms. The van der Waals surface area contributed by atoms with Gasteiger partial charge in [-0.3, -0.25) is 14.4 Å². The molecule has 2 amide bonds. The molecule has 2 aliphatic rings. The molecule has 5 atom stereocenters. The second-order valence-corrected chi connectivity index (χ2v) is 11.8. The zero-order valence-electron chi connectivity index (χ0n) is 19.7. The van der Waals surface area contributed by atoms with Crippen LogP contribution in [-0.2, 0) is 33.7 Å². The van der Waals surface area contributed by atoms with Gasteiger partial charge >= 0.3 is 5.97 Å². The molecular formula is C23H28ClN3O7S. The molecule has 3 rings (SSSR count). The minimum absolute atomic E-state index is 0.0163. The number of morpholine rings is 1. The van der Waals surface area contributed by atoms with Crippen molar-refractivity contribution in [3.63, 3.8) is 0 Å². The van der Waals surface area contributed by atoms with E-state index >= 15 is 0 Å². The predicted octanol–water partition coefficient (Wildman–Crippen LogP) is 1.38. The topological polar surface area (TPSA) is 157 Å². The van der Waals surface area contributed by atoms with Gasteiger partial charge in [0.05, 0.1) is 28.3 Å². The number of sulfone groups is 1. The Bertz CT molecular complexity index is 1170. The quantitative estimate of drug-likeness (QED) is 0.431. The van der Waals surface area contributed by atoms with Crippen molar-refractivity contribution in [2.45, 2.75) is 56.0 Å². The van der Waals surface area contributed by atoms with E-state index in [9.17, 15) is 22.8 Å². The third-order valence-electron chi connectivity index (χ3n) is 6.63. The Morgan fingerprint density at radius 3 is 2.46 bits per heavy atom. The van der Waals surface area contributed by atoms with Gasteiger partial charge in [-0.25, -0.2) is 8.42 Å². The van der Waals surface area contributed by atoms with E-state index in [-0.39, 0.29) is 36.6 Å². The second-order valence-electron chi connectivity index (χ2n) is 9.14. The zero-order valence-corrected chi connectivity index (χ0v) is 21.3. The van der Waals surface area contributed by atoms with Crippen molar-refractivity contribution in [2.75, 3.05) is 19.7 Å². The Balaban J connectivity index is 2.08. The van der Waals surface area contributed by atoms with Crippen LogP contribution in [0.3, 0.4) is 0 Å². The van der Waals surface area contributed by atoms with Crippen molar-refractivity contribution >= 4 is 39.2 Å². The van der Waals surface area contributed by atoms with Crippen LogP contribution in [0.25, 0.3) is 0 Å². The Hall–Kier alpha value is -2.68. The monoisotopic (exact) mass is 525 g/mol. The van der Waals surface area contributed by atoms with Gasteiger partial charge in [-0.2, -0.15) is 5.26 Å². The fraction of sp³-hybridized carbons (Fsp3) is 0.565. The first-order valence-corrected chi connectivity index (χ1v) is 13.0. The summed E-state index contributed by atoms with van der Waals surface area (Å²) in [6, 6.07) is 5.91. The summed E-state index contributed by atoms with van der Waals surface area (Å²) in [7, 11) is -4.10. The molecule has 1 saturated carbocycles. The van der Waals surface area contributed by atoms with E-state index in [0.717, 1.165) is 0 Å². The first kappa shape index (κ1) is 26.9. The maximum Gasteiger partial charge on any atom is 0.323 e. The summed E-state index contributed by atoms with van der Waals surface area (Å²) < 4.78 is 37.8. The van der Waals surface area contributed by atoms with E-state index in [0.29, 0.717) is 10.6 Å². The highest BCUT2D eigenvalue weighted by Gasteiger charge is 2.64. The van der Waals surface area contributed by atoms with E-state index in [1.165, 1.54) is 23.1 Å². The highest BCUT2D eigenvalue weighted by atomic mass is 35.5. The van der Waals surface area contributed by atoms with Gasteiger partial charge in [0, 0.05) is 18.1 Å². The van der Waals surface area contributed by atoms with E-state index < -0.39 is 57.2 Å². The molecule has 1 saturated heterocycles. The van der Waals surface area contributed by atoms with Crippen LogP contribution in [0.2, 0.25) is 5.02 Å². The van der Waals surface area contributed by atoms with Gasteiger partial charge < -0.3 is 20.1 Å². The van der Waals surface area contributed by atoms with E-state index in [1.54, 1.807) is 26.8 Å². The van der Waals surface area contributed by atoms with Gasteiger partial charge in [0.15, 0.2) is 21.9 Å². The van der Waals surface area contributed by atoms with Crippen molar-refractivity contribution in [1.82, 2.24) is 4.90 Å². The fourth-order valence-corrected chi connectivity index (χ4v) is 7.39. The van der Waals surface area contributed by atoms with Gasteiger partial charge in [0.2, 0.25) is 11.8 Å². The number of nitriles is 1. The van der Waals surface area contributed by atoms with Gasteiger partial charge in [0.1, 0.15) is 6.07 Å². The molecule has 10 nitrogen and oxygen atoms in total. The lowest BCUT2D eigenvalue weighted by molar-refractivity contribution is -0.169. The summed E-state index contributed by atoms with van der Waals surface area (Å²) in [5.41, 5.74) is 3.83. The number of hydrogen-bond acceptors (Lipinski definition) is 8. The number of halogens is 1. The van der Waals surface area contributed by atoms with Crippen molar-refractivity contribution in [1.29, 1.82) is 5.26 Å². The highest BCUT2D eigenvalue weighted by molar-refractivity contribution is 7.92. The molecule has 5 unspecified atom stereocenters. The summed E-state index contributed by atoms with van der Waals surface area (Å²) in [6.45, 7) is 4.88. The van der Waals surface area contributed by atoms with Crippen LogP contribution in [0.1, 0.15) is 32.3 Å². The maximum atomic E-state index is 13.7. The highest BCUT2D eigenvalue weighted by Crippen LogP contribution is 2.49. The molecule has 12 heteroatoms. The fourth-order valence-electron chi connectivity index (χ4n) is 5.11. The molecule has 190 valence electrons. The predicted molar refractivity (Wildman–Crippen MR) is 125 cm³/mol. The van der Waals surface area contributed by atoms with Crippen molar-refractivity contribution < 1.29 is 32.3 Å². The van der Waals surface area contributed by atoms with Crippen molar-refractivity contribution in [3.05, 3.63) is 28.8 Å². The Labute approximate surface area is 209 Å². The van der Waals surface area contributed by atoms with Crippen molar-refractivity contribution in [2.24, 2.45) is 17.1 Å².